The van der Waals surface area contributed by atoms with Crippen LogP contribution in [0.3, 0.4) is 0 Å². The van der Waals surface area contributed by atoms with Crippen molar-refractivity contribution in [1.29, 1.82) is 0 Å². The summed E-state index contributed by atoms with van der Waals surface area (Å²) < 4.78 is 16.8. The Kier molecular flexibility index (Phi) is 10.9. The van der Waals surface area contributed by atoms with Crippen molar-refractivity contribution in [2.45, 2.75) is 35.5 Å². The first kappa shape index (κ1) is 28.5. The monoisotopic (exact) mass is 532 g/mol. The third-order valence-corrected chi connectivity index (χ3v) is 7.46. The molecule has 4 aromatic carbocycles. The molecule has 0 aromatic heterocycles. The molecule has 0 amide bonds. The Bertz CT molecular complexity index is 1150. The molecule has 6 nitrogen and oxygen atoms in total. The van der Waals surface area contributed by atoms with Crippen molar-refractivity contribution in [3.05, 3.63) is 103 Å². The quantitative estimate of drug-likeness (QED) is 0.237. The first-order valence-electron chi connectivity index (χ1n) is 12.4. The molecule has 0 unspecified atom stereocenters. The van der Waals surface area contributed by atoms with Crippen LogP contribution >= 0.6 is 0 Å². The van der Waals surface area contributed by atoms with Gasteiger partial charge in [0.15, 0.2) is 14.7 Å². The largest absolute Gasteiger partial charge is 0.872 e. The summed E-state index contributed by atoms with van der Waals surface area (Å²) in [4.78, 5) is 14.0. The van der Waals surface area contributed by atoms with Crippen molar-refractivity contribution < 1.29 is 29.2 Å². The number of carbonyl (C=O) groups is 1. The van der Waals surface area contributed by atoms with Crippen LogP contribution in [-0.4, -0.2) is 30.9 Å². The van der Waals surface area contributed by atoms with Crippen LogP contribution in [0.5, 0.6) is 23.0 Å². The second kappa shape index (κ2) is 14.6. The zero-order valence-corrected chi connectivity index (χ0v) is 22.6. The molecule has 0 saturated carbocycles. The second-order valence-corrected chi connectivity index (χ2v) is 9.85. The standard InChI is InChI=1S/C24H27O3S.C7H6O3/c1-4-25-19-7-13-22(14-8-19)28(23-15-9-20(10-16-23)26-5-2)24-17-11-21(12-18-24)27-6-3;8-6-4-2-1-3-5(6)7(9)10/h7-18H,4-6H2,1-3H3;1-4,8H,(H,9,10)/q+1;/p-1. The number of rotatable bonds is 10. The normalized spacial score (nSPS) is 10.3. The van der Waals surface area contributed by atoms with E-state index in [1.807, 2.05) is 57.2 Å². The summed E-state index contributed by atoms with van der Waals surface area (Å²) >= 11 is 0. The highest BCUT2D eigenvalue weighted by Gasteiger charge is 2.29. The predicted octanol–water partition coefficient (Wildman–Crippen LogP) is 6.44. The molecular formula is C31H32O6S. The highest BCUT2D eigenvalue weighted by Crippen LogP contribution is 2.34. The van der Waals surface area contributed by atoms with Gasteiger partial charge in [-0.3, -0.25) is 0 Å². The molecule has 0 radical (unpaired) electrons. The van der Waals surface area contributed by atoms with Gasteiger partial charge in [0.25, 0.3) is 0 Å². The van der Waals surface area contributed by atoms with Gasteiger partial charge in [0.05, 0.1) is 36.3 Å². The van der Waals surface area contributed by atoms with Crippen LogP contribution in [0.25, 0.3) is 0 Å². The first-order chi connectivity index (χ1) is 18.5. The second-order valence-electron chi connectivity index (χ2n) is 7.82. The highest BCUT2D eigenvalue weighted by molar-refractivity contribution is 7.97. The molecule has 4 aromatic rings. The molecule has 0 fully saturated rings. The molecular weight excluding hydrogens is 500 g/mol. The summed E-state index contributed by atoms with van der Waals surface area (Å²) in [5.74, 6) is 1.06. The van der Waals surface area contributed by atoms with Crippen LogP contribution < -0.4 is 19.3 Å². The Morgan fingerprint density at radius 2 is 0.974 bits per heavy atom. The third-order valence-electron chi connectivity index (χ3n) is 5.23. The van der Waals surface area contributed by atoms with Crippen molar-refractivity contribution in [3.63, 3.8) is 0 Å². The molecule has 0 aliphatic rings. The van der Waals surface area contributed by atoms with Crippen molar-refractivity contribution in [3.8, 4) is 23.0 Å². The molecule has 0 heterocycles. The van der Waals surface area contributed by atoms with Gasteiger partial charge in [-0.15, -0.1) is 0 Å². The zero-order chi connectivity index (χ0) is 27.3. The van der Waals surface area contributed by atoms with E-state index in [1.165, 1.54) is 39.0 Å². The molecule has 0 saturated heterocycles. The van der Waals surface area contributed by atoms with Gasteiger partial charge in [-0.25, -0.2) is 4.79 Å². The molecule has 0 aliphatic heterocycles. The van der Waals surface area contributed by atoms with E-state index in [0.717, 1.165) is 17.2 Å². The molecule has 7 heteroatoms. The average Bonchev–Trinajstić information content (AvgIpc) is 2.93. The molecule has 1 N–H and O–H groups in total. The lowest BCUT2D eigenvalue weighted by atomic mass is 10.2. The lowest BCUT2D eigenvalue weighted by Crippen LogP contribution is -2.05. The first-order valence-corrected chi connectivity index (χ1v) is 13.6. The predicted molar refractivity (Wildman–Crippen MR) is 148 cm³/mol. The van der Waals surface area contributed by atoms with Crippen LogP contribution in [-0.2, 0) is 10.9 Å². The smallest absolute Gasteiger partial charge is 0.335 e. The lowest BCUT2D eigenvalue weighted by molar-refractivity contribution is -0.268. The van der Waals surface area contributed by atoms with Crippen molar-refractivity contribution in [2.24, 2.45) is 0 Å². The number of para-hydroxylation sites is 1. The highest BCUT2D eigenvalue weighted by atomic mass is 32.2. The minimum atomic E-state index is -1.18. The molecule has 4 rings (SSSR count). The molecule has 0 spiro atoms. The summed E-state index contributed by atoms with van der Waals surface area (Å²) in [5, 5.41) is 19.0. The summed E-state index contributed by atoms with van der Waals surface area (Å²) in [6.07, 6.45) is 0. The van der Waals surface area contributed by atoms with Crippen molar-refractivity contribution in [2.75, 3.05) is 19.8 Å². The number of ether oxygens (including phenoxy) is 3. The van der Waals surface area contributed by atoms with Gasteiger partial charge in [-0.1, -0.05) is 23.9 Å². The van der Waals surface area contributed by atoms with Crippen LogP contribution in [0, 0.1) is 0 Å². The van der Waals surface area contributed by atoms with E-state index in [0.29, 0.717) is 19.8 Å². The van der Waals surface area contributed by atoms with Gasteiger partial charge < -0.3 is 24.4 Å². The maximum atomic E-state index is 10.7. The van der Waals surface area contributed by atoms with E-state index in [9.17, 15) is 9.90 Å². The summed E-state index contributed by atoms with van der Waals surface area (Å²) in [6, 6.07) is 30.7. The fourth-order valence-corrected chi connectivity index (χ4v) is 5.61. The Morgan fingerprint density at radius 3 is 1.24 bits per heavy atom. The van der Waals surface area contributed by atoms with Gasteiger partial charge in [0, 0.05) is 0 Å². The zero-order valence-electron chi connectivity index (χ0n) is 21.8. The summed E-state index contributed by atoms with van der Waals surface area (Å²) in [5.41, 5.74) is -0.178. The molecule has 38 heavy (non-hydrogen) atoms. The van der Waals surface area contributed by atoms with E-state index in [1.54, 1.807) is 0 Å². The fourth-order valence-electron chi connectivity index (χ4n) is 3.57. The Hall–Kier alpha value is -4.10. The minimum absolute atomic E-state index is 0.178. The number of hydrogen-bond acceptors (Lipinski definition) is 5. The molecule has 198 valence electrons. The topological polar surface area (TPSA) is 88.1 Å². The van der Waals surface area contributed by atoms with E-state index in [-0.39, 0.29) is 16.5 Å². The van der Waals surface area contributed by atoms with Gasteiger partial charge in [0.1, 0.15) is 17.2 Å². The van der Waals surface area contributed by atoms with Crippen LogP contribution in [0.4, 0.5) is 0 Å². The summed E-state index contributed by atoms with van der Waals surface area (Å²) in [7, 11) is -0.218. The Morgan fingerprint density at radius 1 is 0.632 bits per heavy atom. The molecule has 0 atom stereocenters. The maximum Gasteiger partial charge on any atom is 0.335 e. The van der Waals surface area contributed by atoms with Gasteiger partial charge in [-0.05, 0) is 99.6 Å². The van der Waals surface area contributed by atoms with Gasteiger partial charge in [0.2, 0.25) is 0 Å². The van der Waals surface area contributed by atoms with E-state index >= 15 is 0 Å². The SMILES string of the molecule is CCOc1ccc([S+](c2ccc(OCC)cc2)c2ccc(OCC)cc2)cc1.O=C(O)c1ccccc1[O-]. The van der Waals surface area contributed by atoms with Crippen LogP contribution in [0.15, 0.2) is 112 Å². The summed E-state index contributed by atoms with van der Waals surface area (Å²) in [6.45, 7) is 8.00. The minimum Gasteiger partial charge on any atom is -0.872 e. The Labute approximate surface area is 226 Å². The van der Waals surface area contributed by atoms with Crippen molar-refractivity contribution >= 4 is 16.9 Å². The number of benzene rings is 4. The lowest BCUT2D eigenvalue weighted by Gasteiger charge is -2.11. The number of hydrogen-bond donors (Lipinski definition) is 1. The number of aromatic carboxylic acids is 1. The molecule has 0 aliphatic carbocycles. The van der Waals surface area contributed by atoms with E-state index < -0.39 is 11.7 Å². The van der Waals surface area contributed by atoms with E-state index in [2.05, 4.69) is 36.4 Å². The average molecular weight is 533 g/mol. The van der Waals surface area contributed by atoms with Gasteiger partial charge in [-0.2, -0.15) is 0 Å². The number of carboxylic acids is 1. The maximum absolute atomic E-state index is 10.7. The van der Waals surface area contributed by atoms with E-state index in [4.69, 9.17) is 19.3 Å². The van der Waals surface area contributed by atoms with Crippen LogP contribution in [0.2, 0.25) is 0 Å². The van der Waals surface area contributed by atoms with Crippen molar-refractivity contribution in [1.82, 2.24) is 0 Å². The fraction of sp³-hybridized carbons (Fsp3) is 0.194. The van der Waals surface area contributed by atoms with Gasteiger partial charge >= 0.3 is 5.97 Å². The third kappa shape index (κ3) is 7.95. The number of carboxylic acid groups (broad SMARTS) is 1. The Balaban J connectivity index is 0.000000336. The molecule has 0 bridgehead atoms. The van der Waals surface area contributed by atoms with Crippen LogP contribution in [0.1, 0.15) is 31.1 Å².